The fraction of sp³-hybridized carbons (Fsp3) is 0.100. The molecule has 0 N–H and O–H groups in total. The summed E-state index contributed by atoms with van der Waals surface area (Å²) in [5.41, 5.74) is 3.34. The number of thioether (sulfide) groups is 1. The quantitative estimate of drug-likeness (QED) is 0.478. The number of hydrogen-bond acceptors (Lipinski definition) is 4. The molecule has 6 heteroatoms. The minimum Gasteiger partial charge on any atom is -0.497 e. The lowest BCUT2D eigenvalue weighted by molar-refractivity contribution is 0.414. The van der Waals surface area contributed by atoms with E-state index < -0.39 is 0 Å². The molecule has 0 radical (unpaired) electrons. The van der Waals surface area contributed by atoms with Gasteiger partial charge < -0.3 is 4.74 Å². The van der Waals surface area contributed by atoms with Gasteiger partial charge in [-0.15, -0.1) is 0 Å². The largest absolute Gasteiger partial charge is 0.497 e. The first-order chi connectivity index (χ1) is 12.8. The van der Waals surface area contributed by atoms with E-state index in [1.54, 1.807) is 25.1 Å². The van der Waals surface area contributed by atoms with Gasteiger partial charge >= 0.3 is 0 Å². The molecule has 4 rings (SSSR count). The lowest BCUT2D eigenvalue weighted by atomic mass is 10.2. The molecule has 0 saturated carbocycles. The highest BCUT2D eigenvalue weighted by Gasteiger charge is 2.07. The molecule has 0 aliphatic heterocycles. The Hall–Kier alpha value is -2.99. The topological polar surface area (TPSA) is 44.9 Å². The maximum absolute atomic E-state index is 5.32. The van der Waals surface area contributed by atoms with Crippen LogP contribution < -0.4 is 4.74 Å². The Balaban J connectivity index is 1.48. The van der Waals surface area contributed by atoms with Gasteiger partial charge in [-0.1, -0.05) is 30.0 Å². The normalized spacial score (nSPS) is 10.8. The van der Waals surface area contributed by atoms with E-state index in [4.69, 9.17) is 4.74 Å². The van der Waals surface area contributed by atoms with Gasteiger partial charge in [-0.2, -0.15) is 5.10 Å². The van der Waals surface area contributed by atoms with Gasteiger partial charge in [-0.05, 0) is 35.9 Å². The third kappa shape index (κ3) is 3.50. The molecule has 0 fully saturated rings. The van der Waals surface area contributed by atoms with Crippen LogP contribution in [0.2, 0.25) is 0 Å². The Morgan fingerprint density at radius 2 is 1.85 bits per heavy atom. The van der Waals surface area contributed by atoms with Gasteiger partial charge in [0.1, 0.15) is 5.75 Å². The maximum Gasteiger partial charge on any atom is 0.172 e. The molecule has 2 heterocycles. The van der Waals surface area contributed by atoms with Crippen molar-refractivity contribution < 1.29 is 4.74 Å². The summed E-state index contributed by atoms with van der Waals surface area (Å²) in [4.78, 5) is 4.49. The molecule has 130 valence electrons. The smallest absolute Gasteiger partial charge is 0.172 e. The molecule has 26 heavy (non-hydrogen) atoms. The summed E-state index contributed by atoms with van der Waals surface area (Å²) in [5, 5.41) is 5.20. The van der Waals surface area contributed by atoms with E-state index in [-0.39, 0.29) is 0 Å². The highest BCUT2D eigenvalue weighted by Crippen LogP contribution is 2.26. The SMILES string of the molecule is COc1cccc(-n2ccnc2SCc2ccc(-n3cccn3)cc2)c1. The zero-order chi connectivity index (χ0) is 17.8. The van der Waals surface area contributed by atoms with Crippen molar-refractivity contribution in [2.45, 2.75) is 10.9 Å². The molecule has 0 aliphatic rings. The monoisotopic (exact) mass is 362 g/mol. The Labute approximate surface area is 156 Å². The molecular weight excluding hydrogens is 344 g/mol. The van der Waals surface area contributed by atoms with Crippen LogP contribution in [0.4, 0.5) is 0 Å². The van der Waals surface area contributed by atoms with Gasteiger partial charge in [-0.25, -0.2) is 9.67 Å². The van der Waals surface area contributed by atoms with E-state index in [0.717, 1.165) is 28.0 Å². The number of ether oxygens (including phenoxy) is 1. The van der Waals surface area contributed by atoms with Crippen LogP contribution in [0.25, 0.3) is 11.4 Å². The lowest BCUT2D eigenvalue weighted by Crippen LogP contribution is -1.96. The van der Waals surface area contributed by atoms with Crippen molar-refractivity contribution in [1.82, 2.24) is 19.3 Å². The van der Waals surface area contributed by atoms with E-state index in [0.29, 0.717) is 0 Å². The summed E-state index contributed by atoms with van der Waals surface area (Å²) >= 11 is 1.71. The minimum atomic E-state index is 0.835. The fourth-order valence-corrected chi connectivity index (χ4v) is 3.60. The van der Waals surface area contributed by atoms with E-state index in [1.807, 2.05) is 53.6 Å². The predicted octanol–water partition coefficient (Wildman–Crippen LogP) is 4.36. The van der Waals surface area contributed by atoms with Crippen molar-refractivity contribution in [3.63, 3.8) is 0 Å². The van der Waals surface area contributed by atoms with Gasteiger partial charge in [0.05, 0.1) is 18.5 Å². The summed E-state index contributed by atoms with van der Waals surface area (Å²) in [5.74, 6) is 1.68. The number of rotatable bonds is 6. The molecule has 2 aromatic heterocycles. The Morgan fingerprint density at radius 3 is 2.62 bits per heavy atom. The standard InChI is InChI=1S/C20H18N4OS/c1-25-19-5-2-4-18(14-19)23-13-11-21-20(23)26-15-16-6-8-17(9-7-16)24-12-3-10-22-24/h2-14H,15H2,1H3. The van der Waals surface area contributed by atoms with Crippen molar-refractivity contribution >= 4 is 11.8 Å². The first-order valence-electron chi connectivity index (χ1n) is 8.23. The molecule has 4 aromatic rings. The molecule has 2 aromatic carbocycles. The average molecular weight is 362 g/mol. The van der Waals surface area contributed by atoms with Crippen molar-refractivity contribution in [3.8, 4) is 17.1 Å². The molecule has 5 nitrogen and oxygen atoms in total. The van der Waals surface area contributed by atoms with Crippen LogP contribution in [0, 0.1) is 0 Å². The van der Waals surface area contributed by atoms with Crippen LogP contribution in [0.1, 0.15) is 5.56 Å². The molecular formula is C20H18N4OS. The first-order valence-corrected chi connectivity index (χ1v) is 9.21. The van der Waals surface area contributed by atoms with Crippen molar-refractivity contribution in [3.05, 3.63) is 84.9 Å². The Bertz CT molecular complexity index is 977. The molecule has 0 spiro atoms. The third-order valence-electron chi connectivity index (χ3n) is 4.01. The maximum atomic E-state index is 5.32. The number of imidazole rings is 1. The number of hydrogen-bond donors (Lipinski definition) is 0. The molecule has 0 amide bonds. The van der Waals surface area contributed by atoms with E-state index in [2.05, 4.69) is 38.9 Å². The predicted molar refractivity (Wildman–Crippen MR) is 103 cm³/mol. The van der Waals surface area contributed by atoms with Gasteiger partial charge in [-0.3, -0.25) is 4.57 Å². The summed E-state index contributed by atoms with van der Waals surface area (Å²) in [6, 6.07) is 18.3. The number of methoxy groups -OCH3 is 1. The number of aromatic nitrogens is 4. The first kappa shape index (κ1) is 16.5. The summed E-state index contributed by atoms with van der Waals surface area (Å²) in [7, 11) is 1.68. The van der Waals surface area contributed by atoms with E-state index in [9.17, 15) is 0 Å². The zero-order valence-electron chi connectivity index (χ0n) is 14.3. The Kier molecular flexibility index (Phi) is 4.75. The highest BCUT2D eigenvalue weighted by atomic mass is 32.2. The lowest BCUT2D eigenvalue weighted by Gasteiger charge is -2.09. The number of nitrogens with zero attached hydrogens (tertiary/aromatic N) is 4. The zero-order valence-corrected chi connectivity index (χ0v) is 15.1. The summed E-state index contributed by atoms with van der Waals surface area (Å²) < 4.78 is 9.24. The molecule has 0 aliphatic carbocycles. The van der Waals surface area contributed by atoms with Gasteiger partial charge in [0.2, 0.25) is 0 Å². The third-order valence-corrected chi connectivity index (χ3v) is 5.05. The molecule has 0 saturated heterocycles. The van der Waals surface area contributed by atoms with Crippen LogP contribution in [0.3, 0.4) is 0 Å². The van der Waals surface area contributed by atoms with Crippen molar-refractivity contribution in [2.24, 2.45) is 0 Å². The van der Waals surface area contributed by atoms with Crippen LogP contribution in [-0.2, 0) is 5.75 Å². The molecule has 0 bridgehead atoms. The minimum absolute atomic E-state index is 0.835. The van der Waals surface area contributed by atoms with Crippen molar-refractivity contribution in [1.29, 1.82) is 0 Å². The fourth-order valence-electron chi connectivity index (χ4n) is 2.67. The van der Waals surface area contributed by atoms with Gasteiger partial charge in [0.25, 0.3) is 0 Å². The second-order valence-corrected chi connectivity index (χ2v) is 6.63. The van der Waals surface area contributed by atoms with Gasteiger partial charge in [0, 0.05) is 36.6 Å². The van der Waals surface area contributed by atoms with Crippen LogP contribution in [-0.4, -0.2) is 26.4 Å². The van der Waals surface area contributed by atoms with Gasteiger partial charge in [0.15, 0.2) is 5.16 Å². The van der Waals surface area contributed by atoms with Crippen LogP contribution in [0.5, 0.6) is 5.75 Å². The molecule has 0 unspecified atom stereocenters. The van der Waals surface area contributed by atoms with Crippen LogP contribution >= 0.6 is 11.8 Å². The summed E-state index contributed by atoms with van der Waals surface area (Å²) in [6.45, 7) is 0. The van der Waals surface area contributed by atoms with Crippen LogP contribution in [0.15, 0.2) is 84.5 Å². The average Bonchev–Trinajstić information content (AvgIpc) is 3.39. The van der Waals surface area contributed by atoms with Crippen molar-refractivity contribution in [2.75, 3.05) is 7.11 Å². The second-order valence-electron chi connectivity index (χ2n) is 5.69. The van der Waals surface area contributed by atoms with E-state index in [1.165, 1.54) is 5.56 Å². The Morgan fingerprint density at radius 1 is 0.962 bits per heavy atom. The highest BCUT2D eigenvalue weighted by molar-refractivity contribution is 7.98. The summed E-state index contributed by atoms with van der Waals surface area (Å²) in [6.07, 6.45) is 7.51. The number of benzene rings is 2. The van der Waals surface area contributed by atoms with E-state index >= 15 is 0 Å². The second kappa shape index (κ2) is 7.49. The molecule has 0 atom stereocenters.